The van der Waals surface area contributed by atoms with E-state index in [4.69, 9.17) is 0 Å². The van der Waals surface area contributed by atoms with Crippen molar-refractivity contribution in [2.45, 2.75) is 75.3 Å². The second-order valence-electron chi connectivity index (χ2n) is 11.7. The first-order valence-corrected chi connectivity index (χ1v) is 13.0. The smallest absolute Gasteiger partial charge is 0.317 e. The second kappa shape index (κ2) is 8.68. The average molecular weight is 463 g/mol. The summed E-state index contributed by atoms with van der Waals surface area (Å²) >= 11 is 0. The molecule has 0 N–H and O–H groups in total. The summed E-state index contributed by atoms with van der Waals surface area (Å²) in [5.74, 6) is 0.634. The van der Waals surface area contributed by atoms with Gasteiger partial charge in [-0.3, -0.25) is 9.69 Å². The molecule has 1 aromatic rings. The minimum absolute atomic E-state index is 0.0217. The van der Waals surface area contributed by atoms with Gasteiger partial charge in [0.25, 0.3) is 0 Å². The molecule has 182 valence electrons. The van der Waals surface area contributed by atoms with Gasteiger partial charge in [0.05, 0.1) is 23.6 Å². The van der Waals surface area contributed by atoms with Crippen LogP contribution in [-0.2, 0) is 10.3 Å². The van der Waals surface area contributed by atoms with Gasteiger partial charge in [0.1, 0.15) is 0 Å². The first-order valence-electron chi connectivity index (χ1n) is 13.0. The predicted molar refractivity (Wildman–Crippen MR) is 131 cm³/mol. The molecule has 34 heavy (non-hydrogen) atoms. The number of nitriles is 1. The number of hydrogen-bond acceptors (Lipinski definition) is 4. The Morgan fingerprint density at radius 3 is 2.29 bits per heavy atom. The number of urea groups is 1. The molecule has 0 radical (unpaired) electrons. The van der Waals surface area contributed by atoms with Crippen LogP contribution in [0.5, 0.6) is 0 Å². The minimum atomic E-state index is -0.449. The van der Waals surface area contributed by atoms with Crippen molar-refractivity contribution in [1.82, 2.24) is 14.7 Å². The van der Waals surface area contributed by atoms with Crippen LogP contribution in [0.3, 0.4) is 0 Å². The van der Waals surface area contributed by atoms with Crippen LogP contribution in [0.25, 0.3) is 0 Å². The SMILES string of the molecule is CN(C)C1(c2ccccc2)CCC2(CC1)CN(CC(=O)CC1(C#N)CC1)C(=O)N2CC1CCC1. The Kier molecular flexibility index (Phi) is 5.96. The average Bonchev–Trinajstić information content (AvgIpc) is 3.53. The summed E-state index contributed by atoms with van der Waals surface area (Å²) in [5, 5.41) is 9.38. The quantitative estimate of drug-likeness (QED) is 0.568. The molecule has 1 aromatic carbocycles. The molecule has 0 aromatic heterocycles. The standard InChI is InChI=1S/C28H38N4O2/c1-30(2)28(23-9-4-3-5-10-23)15-13-27(14-16-28)21-31(19-24(33)17-26(20-29)11-12-26)25(34)32(27)18-22-7-6-8-22/h3-5,9-10,22H,6-8,11-19,21H2,1-2H3. The Morgan fingerprint density at radius 2 is 1.76 bits per heavy atom. The maximum absolute atomic E-state index is 13.6. The first-order chi connectivity index (χ1) is 16.3. The van der Waals surface area contributed by atoms with Crippen LogP contribution >= 0.6 is 0 Å². The number of carbonyl (C=O) groups excluding carboxylic acids is 2. The number of carbonyl (C=O) groups is 2. The molecule has 4 fully saturated rings. The van der Waals surface area contributed by atoms with Gasteiger partial charge >= 0.3 is 6.03 Å². The van der Waals surface area contributed by atoms with Crippen molar-refractivity contribution < 1.29 is 9.59 Å². The third kappa shape index (κ3) is 4.02. The van der Waals surface area contributed by atoms with Crippen molar-refractivity contribution in [3.63, 3.8) is 0 Å². The lowest BCUT2D eigenvalue weighted by atomic mass is 9.68. The van der Waals surface area contributed by atoms with E-state index in [1.807, 2.05) is 0 Å². The van der Waals surface area contributed by atoms with Crippen LogP contribution in [0.15, 0.2) is 30.3 Å². The van der Waals surface area contributed by atoms with Crippen molar-refractivity contribution in [3.8, 4) is 6.07 Å². The maximum Gasteiger partial charge on any atom is 0.321 e. The fourth-order valence-electron chi connectivity index (χ4n) is 6.64. The number of Topliss-reactive ketones (excluding diaryl/α,β-unsaturated/α-hetero) is 1. The van der Waals surface area contributed by atoms with Gasteiger partial charge in [-0.25, -0.2) is 4.79 Å². The summed E-state index contributed by atoms with van der Waals surface area (Å²) in [6.45, 7) is 1.62. The van der Waals surface area contributed by atoms with E-state index in [1.165, 1.54) is 24.8 Å². The van der Waals surface area contributed by atoms with E-state index in [1.54, 1.807) is 4.90 Å². The maximum atomic E-state index is 13.6. The summed E-state index contributed by atoms with van der Waals surface area (Å²) in [5.41, 5.74) is 0.692. The van der Waals surface area contributed by atoms with Crippen LogP contribution in [0.4, 0.5) is 4.79 Å². The monoisotopic (exact) mass is 462 g/mol. The van der Waals surface area contributed by atoms with E-state index in [2.05, 4.69) is 60.3 Å². The molecule has 4 aliphatic rings. The molecule has 0 bridgehead atoms. The Balaban J connectivity index is 1.35. The highest BCUT2D eigenvalue weighted by molar-refractivity contribution is 5.88. The van der Waals surface area contributed by atoms with Crippen molar-refractivity contribution >= 4 is 11.8 Å². The van der Waals surface area contributed by atoms with Crippen LogP contribution < -0.4 is 0 Å². The fourth-order valence-corrected chi connectivity index (χ4v) is 6.64. The number of amides is 2. The van der Waals surface area contributed by atoms with Gasteiger partial charge < -0.3 is 9.80 Å². The van der Waals surface area contributed by atoms with Gasteiger partial charge in [-0.2, -0.15) is 5.26 Å². The zero-order valence-electron chi connectivity index (χ0n) is 20.8. The van der Waals surface area contributed by atoms with Gasteiger partial charge in [-0.1, -0.05) is 36.8 Å². The molecule has 0 unspecified atom stereocenters. The summed E-state index contributed by atoms with van der Waals surface area (Å²) in [6.07, 6.45) is 9.48. The van der Waals surface area contributed by atoms with Gasteiger partial charge in [-0.05, 0) is 76.9 Å². The van der Waals surface area contributed by atoms with Crippen LogP contribution in [0.1, 0.15) is 69.8 Å². The number of rotatable bonds is 8. The zero-order valence-corrected chi connectivity index (χ0v) is 20.8. The minimum Gasteiger partial charge on any atom is -0.317 e. The molecule has 1 aliphatic heterocycles. The molecule has 1 heterocycles. The van der Waals surface area contributed by atoms with E-state index >= 15 is 0 Å². The Labute approximate surface area is 203 Å². The predicted octanol–water partition coefficient (Wildman–Crippen LogP) is 4.56. The topological polar surface area (TPSA) is 67.6 Å². The molecule has 6 heteroatoms. The first kappa shape index (κ1) is 23.4. The largest absolute Gasteiger partial charge is 0.321 e. The van der Waals surface area contributed by atoms with E-state index < -0.39 is 5.41 Å². The van der Waals surface area contributed by atoms with Crippen LogP contribution in [0, 0.1) is 22.7 Å². The molecule has 3 aliphatic carbocycles. The highest BCUT2D eigenvalue weighted by Crippen LogP contribution is 2.50. The zero-order chi connectivity index (χ0) is 24.0. The van der Waals surface area contributed by atoms with E-state index in [0.29, 0.717) is 18.9 Å². The molecular formula is C28H38N4O2. The number of ketones is 1. The summed E-state index contributed by atoms with van der Waals surface area (Å²) < 4.78 is 0. The van der Waals surface area contributed by atoms with Gasteiger partial charge in [-0.15, -0.1) is 0 Å². The normalized spacial score (nSPS) is 30.5. The van der Waals surface area contributed by atoms with Gasteiger partial charge in [0.15, 0.2) is 5.78 Å². The number of nitrogens with zero attached hydrogens (tertiary/aromatic N) is 4. The van der Waals surface area contributed by atoms with Crippen molar-refractivity contribution in [1.29, 1.82) is 5.26 Å². The highest BCUT2D eigenvalue weighted by atomic mass is 16.2. The molecule has 5 rings (SSSR count). The highest BCUT2D eigenvalue weighted by Gasteiger charge is 2.55. The van der Waals surface area contributed by atoms with Crippen LogP contribution in [0.2, 0.25) is 0 Å². The van der Waals surface area contributed by atoms with Crippen molar-refractivity contribution in [2.24, 2.45) is 11.3 Å². The molecule has 0 atom stereocenters. The lowest BCUT2D eigenvalue weighted by Gasteiger charge is -2.51. The van der Waals surface area contributed by atoms with Crippen molar-refractivity contribution in [2.75, 3.05) is 33.7 Å². The van der Waals surface area contributed by atoms with E-state index in [0.717, 1.165) is 45.1 Å². The number of hydrogen-bond donors (Lipinski definition) is 0. The molecule has 1 spiro atoms. The third-order valence-electron chi connectivity index (χ3n) is 9.39. The fraction of sp³-hybridized carbons (Fsp3) is 0.679. The van der Waals surface area contributed by atoms with Gasteiger partial charge in [0.2, 0.25) is 0 Å². The van der Waals surface area contributed by atoms with Crippen molar-refractivity contribution in [3.05, 3.63) is 35.9 Å². The van der Waals surface area contributed by atoms with Crippen LogP contribution in [-0.4, -0.2) is 65.8 Å². The number of benzene rings is 1. The van der Waals surface area contributed by atoms with Gasteiger partial charge in [0, 0.05) is 25.0 Å². The van der Waals surface area contributed by atoms with E-state index in [9.17, 15) is 14.9 Å². The second-order valence-corrected chi connectivity index (χ2v) is 11.7. The Bertz CT molecular complexity index is 966. The van der Waals surface area contributed by atoms with E-state index in [-0.39, 0.29) is 29.4 Å². The molecule has 6 nitrogen and oxygen atoms in total. The lowest BCUT2D eigenvalue weighted by Crippen LogP contribution is -2.56. The molecule has 2 amide bonds. The Hall–Kier alpha value is -2.39. The summed E-state index contributed by atoms with van der Waals surface area (Å²) in [7, 11) is 4.34. The molecule has 3 saturated carbocycles. The third-order valence-corrected chi connectivity index (χ3v) is 9.39. The summed E-state index contributed by atoms with van der Waals surface area (Å²) in [6, 6.07) is 13.1. The summed E-state index contributed by atoms with van der Waals surface area (Å²) in [4.78, 5) is 32.8. The molecule has 1 saturated heterocycles. The Morgan fingerprint density at radius 1 is 1.09 bits per heavy atom. The lowest BCUT2D eigenvalue weighted by molar-refractivity contribution is -0.120. The molecular weight excluding hydrogens is 424 g/mol.